The molecule has 1 atom stereocenters. The van der Waals surface area contributed by atoms with Crippen LogP contribution in [0.5, 0.6) is 0 Å². The highest BCUT2D eigenvalue weighted by Gasteiger charge is 2.28. The van der Waals surface area contributed by atoms with Gasteiger partial charge in [0.2, 0.25) is 5.91 Å². The molecule has 0 bridgehead atoms. The molecular weight excluding hydrogens is 238 g/mol. The number of hydrogen-bond donors (Lipinski definition) is 2. The largest absolute Gasteiger partial charge is 0.368 e. The van der Waals surface area contributed by atoms with Gasteiger partial charge in [-0.05, 0) is 38.6 Å². The summed E-state index contributed by atoms with van der Waals surface area (Å²) in [4.78, 5) is 14.0. The second-order valence-electron chi connectivity index (χ2n) is 6.10. The molecule has 19 heavy (non-hydrogen) atoms. The first-order valence-electron chi connectivity index (χ1n) is 8.00. The molecule has 3 N–H and O–H groups in total. The Balaban J connectivity index is 1.77. The fourth-order valence-corrected chi connectivity index (χ4v) is 3.18. The van der Waals surface area contributed by atoms with E-state index in [1.807, 2.05) is 0 Å². The molecule has 0 spiro atoms. The van der Waals surface area contributed by atoms with Crippen molar-refractivity contribution in [1.29, 1.82) is 0 Å². The van der Waals surface area contributed by atoms with E-state index in [2.05, 4.69) is 17.1 Å². The van der Waals surface area contributed by atoms with Crippen molar-refractivity contribution in [3.8, 4) is 0 Å². The summed E-state index contributed by atoms with van der Waals surface area (Å²) in [5, 5.41) is 3.37. The maximum absolute atomic E-state index is 11.5. The fraction of sp³-hybridized carbons (Fsp3) is 0.933. The first-order valence-corrected chi connectivity index (χ1v) is 8.00. The minimum atomic E-state index is -0.188. The molecule has 2 aliphatic rings. The first-order chi connectivity index (χ1) is 9.20. The Labute approximate surface area is 117 Å². The third-order valence-corrected chi connectivity index (χ3v) is 4.56. The number of carbonyl (C=O) groups is 1. The second kappa shape index (κ2) is 7.25. The molecule has 110 valence electrons. The van der Waals surface area contributed by atoms with E-state index in [0.717, 1.165) is 25.6 Å². The average Bonchev–Trinajstić information content (AvgIpc) is 3.23. The van der Waals surface area contributed by atoms with Crippen molar-refractivity contribution in [2.45, 2.75) is 76.4 Å². The van der Waals surface area contributed by atoms with Crippen LogP contribution in [-0.4, -0.2) is 42.0 Å². The molecule has 0 aromatic carbocycles. The maximum Gasteiger partial charge on any atom is 0.234 e. The predicted octanol–water partition coefficient (Wildman–Crippen LogP) is 1.64. The molecule has 0 aromatic heterocycles. The number of primary amides is 1. The van der Waals surface area contributed by atoms with Crippen LogP contribution in [0.1, 0.15) is 58.3 Å². The van der Waals surface area contributed by atoms with E-state index in [0.29, 0.717) is 6.04 Å². The molecule has 1 unspecified atom stereocenters. The lowest BCUT2D eigenvalue weighted by Crippen LogP contribution is -2.46. The van der Waals surface area contributed by atoms with Crippen molar-refractivity contribution in [1.82, 2.24) is 10.2 Å². The summed E-state index contributed by atoms with van der Waals surface area (Å²) in [5.74, 6) is -0.188. The van der Waals surface area contributed by atoms with Gasteiger partial charge < -0.3 is 16.0 Å². The molecule has 0 saturated heterocycles. The average molecular weight is 267 g/mol. The number of hydrogen-bond acceptors (Lipinski definition) is 3. The van der Waals surface area contributed by atoms with E-state index in [1.54, 1.807) is 0 Å². The van der Waals surface area contributed by atoms with Gasteiger partial charge in [0.1, 0.15) is 0 Å². The van der Waals surface area contributed by atoms with Crippen molar-refractivity contribution in [2.75, 3.05) is 13.1 Å². The van der Waals surface area contributed by atoms with Crippen molar-refractivity contribution >= 4 is 5.91 Å². The third kappa shape index (κ3) is 4.77. The summed E-state index contributed by atoms with van der Waals surface area (Å²) in [5.41, 5.74) is 5.50. The second-order valence-corrected chi connectivity index (χ2v) is 6.10. The van der Waals surface area contributed by atoms with Gasteiger partial charge in [-0.3, -0.25) is 4.79 Å². The summed E-state index contributed by atoms with van der Waals surface area (Å²) in [6.07, 6.45) is 10.0. The SMILES string of the molecule is CCN(CCC(NC1CC1)C(N)=O)C1CCCCC1. The normalized spacial score (nSPS) is 22.6. The standard InChI is InChI=1S/C15H29N3O/c1-2-18(13-6-4-3-5-7-13)11-10-14(15(16)19)17-12-8-9-12/h12-14,17H,2-11H2,1H3,(H2,16,19). The van der Waals surface area contributed by atoms with Crippen molar-refractivity contribution in [2.24, 2.45) is 5.73 Å². The zero-order valence-electron chi connectivity index (χ0n) is 12.2. The van der Waals surface area contributed by atoms with Crippen molar-refractivity contribution < 1.29 is 4.79 Å². The molecule has 2 fully saturated rings. The van der Waals surface area contributed by atoms with Crippen LogP contribution < -0.4 is 11.1 Å². The number of nitrogens with two attached hydrogens (primary N) is 1. The van der Waals surface area contributed by atoms with Gasteiger partial charge in [-0.15, -0.1) is 0 Å². The highest BCUT2D eigenvalue weighted by Crippen LogP contribution is 2.23. The molecule has 0 aromatic rings. The van der Waals surface area contributed by atoms with Gasteiger partial charge >= 0.3 is 0 Å². The van der Waals surface area contributed by atoms with Gasteiger partial charge in [0.05, 0.1) is 6.04 Å². The van der Waals surface area contributed by atoms with E-state index in [1.165, 1.54) is 44.9 Å². The van der Waals surface area contributed by atoms with Crippen molar-refractivity contribution in [3.05, 3.63) is 0 Å². The number of carbonyl (C=O) groups excluding carboxylic acids is 1. The van der Waals surface area contributed by atoms with Crippen LogP contribution in [0.25, 0.3) is 0 Å². The third-order valence-electron chi connectivity index (χ3n) is 4.56. The summed E-state index contributed by atoms with van der Waals surface area (Å²) in [7, 11) is 0. The minimum Gasteiger partial charge on any atom is -0.368 e. The lowest BCUT2D eigenvalue weighted by molar-refractivity contribution is -0.120. The first kappa shape index (κ1) is 14.8. The summed E-state index contributed by atoms with van der Waals surface area (Å²) >= 11 is 0. The molecule has 4 nitrogen and oxygen atoms in total. The van der Waals surface area contributed by atoms with Crippen LogP contribution in [0.4, 0.5) is 0 Å². The zero-order chi connectivity index (χ0) is 13.7. The van der Waals surface area contributed by atoms with E-state index < -0.39 is 0 Å². The predicted molar refractivity (Wildman–Crippen MR) is 77.9 cm³/mol. The van der Waals surface area contributed by atoms with Crippen LogP contribution >= 0.6 is 0 Å². The Hall–Kier alpha value is -0.610. The van der Waals surface area contributed by atoms with Gasteiger partial charge in [0, 0.05) is 18.6 Å². The van der Waals surface area contributed by atoms with Crippen LogP contribution in [0.3, 0.4) is 0 Å². The molecular formula is C15H29N3O. The summed E-state index contributed by atoms with van der Waals surface area (Å²) in [6.45, 7) is 4.30. The molecule has 4 heteroatoms. The number of nitrogens with zero attached hydrogens (tertiary/aromatic N) is 1. The Morgan fingerprint density at radius 1 is 1.26 bits per heavy atom. The molecule has 2 aliphatic carbocycles. The lowest BCUT2D eigenvalue weighted by Gasteiger charge is -2.34. The summed E-state index contributed by atoms with van der Waals surface area (Å²) < 4.78 is 0. The molecule has 0 heterocycles. The van der Waals surface area contributed by atoms with Crippen LogP contribution in [0.2, 0.25) is 0 Å². The Morgan fingerprint density at radius 2 is 1.95 bits per heavy atom. The topological polar surface area (TPSA) is 58.4 Å². The lowest BCUT2D eigenvalue weighted by atomic mass is 9.94. The summed E-state index contributed by atoms with van der Waals surface area (Å²) in [6, 6.07) is 1.14. The highest BCUT2D eigenvalue weighted by atomic mass is 16.1. The van der Waals surface area contributed by atoms with Gasteiger partial charge in [-0.25, -0.2) is 0 Å². The van der Waals surface area contributed by atoms with E-state index >= 15 is 0 Å². The molecule has 1 amide bonds. The Morgan fingerprint density at radius 3 is 2.47 bits per heavy atom. The van der Waals surface area contributed by atoms with Gasteiger partial charge in [0.15, 0.2) is 0 Å². The minimum absolute atomic E-state index is 0.134. The zero-order valence-corrected chi connectivity index (χ0v) is 12.2. The fourth-order valence-electron chi connectivity index (χ4n) is 3.18. The van der Waals surface area contributed by atoms with E-state index in [-0.39, 0.29) is 11.9 Å². The van der Waals surface area contributed by atoms with Crippen LogP contribution in [-0.2, 0) is 4.79 Å². The highest BCUT2D eigenvalue weighted by molar-refractivity contribution is 5.79. The van der Waals surface area contributed by atoms with Crippen LogP contribution in [0, 0.1) is 0 Å². The smallest absolute Gasteiger partial charge is 0.234 e. The van der Waals surface area contributed by atoms with Crippen LogP contribution in [0.15, 0.2) is 0 Å². The van der Waals surface area contributed by atoms with E-state index in [4.69, 9.17) is 5.73 Å². The number of amides is 1. The van der Waals surface area contributed by atoms with Gasteiger partial charge in [-0.2, -0.15) is 0 Å². The quantitative estimate of drug-likeness (QED) is 0.703. The number of nitrogens with one attached hydrogen (secondary N) is 1. The van der Waals surface area contributed by atoms with Gasteiger partial charge in [-0.1, -0.05) is 26.2 Å². The number of rotatable bonds is 8. The Bertz CT molecular complexity index is 285. The van der Waals surface area contributed by atoms with E-state index in [9.17, 15) is 4.79 Å². The maximum atomic E-state index is 11.5. The molecule has 0 aliphatic heterocycles. The molecule has 0 radical (unpaired) electrons. The van der Waals surface area contributed by atoms with Gasteiger partial charge in [0.25, 0.3) is 0 Å². The monoisotopic (exact) mass is 267 g/mol. The van der Waals surface area contributed by atoms with Crippen molar-refractivity contribution in [3.63, 3.8) is 0 Å². The molecule has 2 saturated carbocycles. The molecule has 2 rings (SSSR count). The Kier molecular flexibility index (Phi) is 5.64.